The molecule has 0 saturated heterocycles. The molecule has 0 heterocycles. The second-order valence-electron chi connectivity index (χ2n) is 9.38. The zero-order valence-electron chi connectivity index (χ0n) is 19.4. The van der Waals surface area contributed by atoms with Gasteiger partial charge in [-0.15, -0.1) is 0 Å². The summed E-state index contributed by atoms with van der Waals surface area (Å²) >= 11 is 0. The first-order chi connectivity index (χ1) is 13.1. The summed E-state index contributed by atoms with van der Waals surface area (Å²) < 4.78 is 44.1. The Morgan fingerprint density at radius 3 is 2.14 bits per heavy atom. The molecule has 29 heavy (non-hydrogen) atoms. The highest BCUT2D eigenvalue weighted by Gasteiger charge is 2.40. The fraction of sp³-hybridized carbons (Fsp3) is 0.857. The van der Waals surface area contributed by atoms with Gasteiger partial charge in [0.05, 0.1) is 48.5 Å². The molecule has 0 aromatic rings. The molecule has 0 bridgehead atoms. The lowest BCUT2D eigenvalue weighted by Crippen LogP contribution is -2.44. The van der Waals surface area contributed by atoms with E-state index in [9.17, 15) is 17.8 Å². The summed E-state index contributed by atoms with van der Waals surface area (Å²) in [5.41, 5.74) is -1.02. The minimum Gasteiger partial charge on any atom is -0.748 e. The van der Waals surface area contributed by atoms with Crippen molar-refractivity contribution in [1.29, 1.82) is 0 Å². The molecule has 0 saturated carbocycles. The highest BCUT2D eigenvalue weighted by molar-refractivity contribution is 7.85. The first-order valence-corrected chi connectivity index (χ1v) is 11.9. The second-order valence-corrected chi connectivity index (χ2v) is 10.9. The first kappa shape index (κ1) is 27.9. The van der Waals surface area contributed by atoms with Gasteiger partial charge in [0.1, 0.15) is 13.2 Å². The van der Waals surface area contributed by atoms with Gasteiger partial charge >= 0.3 is 5.97 Å². The number of nitrogens with zero attached hydrogens (tertiary/aromatic N) is 1. The van der Waals surface area contributed by atoms with Crippen molar-refractivity contribution in [2.24, 2.45) is 10.8 Å². The highest BCUT2D eigenvalue weighted by Crippen LogP contribution is 2.41. The molecule has 7 nitrogen and oxygen atoms in total. The molecular weight excluding hydrogens is 394 g/mol. The van der Waals surface area contributed by atoms with Gasteiger partial charge in [0, 0.05) is 17.6 Å². The third kappa shape index (κ3) is 11.0. The van der Waals surface area contributed by atoms with Crippen LogP contribution in [-0.4, -0.2) is 69.6 Å². The number of likely N-dealkylation sites (N-methyl/N-ethyl adjacent to an activating group) is 1. The van der Waals surface area contributed by atoms with Gasteiger partial charge in [-0.25, -0.2) is 8.42 Å². The van der Waals surface area contributed by atoms with E-state index in [-0.39, 0.29) is 11.7 Å². The SMILES string of the molecule is C=C(OCC[N+](C)(C)CCCS(=O)(=O)[O-])C(C)(C)CC(C)(CC)C(=O)OCCC. The fourth-order valence-electron chi connectivity index (χ4n) is 3.18. The van der Waals surface area contributed by atoms with Gasteiger partial charge < -0.3 is 18.5 Å². The Hall–Kier alpha value is -1.12. The van der Waals surface area contributed by atoms with Gasteiger partial charge in [0.25, 0.3) is 0 Å². The molecule has 0 aliphatic heterocycles. The number of carbonyl (C=O) groups is 1. The molecule has 0 aliphatic carbocycles. The standard InChI is InChI=1S/C21H41NO6S/c1-9-14-28-19(23)21(6,10-2)17-20(4,5)18(3)27-15-13-22(7,8)12-11-16-29(24,25)26/h3,9-17H2,1-2,4-8H3. The maximum Gasteiger partial charge on any atom is 0.311 e. The van der Waals surface area contributed by atoms with Crippen molar-refractivity contribution in [2.75, 3.05) is 46.2 Å². The number of ether oxygens (including phenoxy) is 2. The molecule has 1 atom stereocenters. The summed E-state index contributed by atoms with van der Waals surface area (Å²) in [5.74, 6) is 0.0791. The van der Waals surface area contributed by atoms with Crippen LogP contribution in [0.1, 0.15) is 60.3 Å². The van der Waals surface area contributed by atoms with Gasteiger partial charge in [-0.3, -0.25) is 4.79 Å². The molecular formula is C21H41NO6S. The number of esters is 1. The van der Waals surface area contributed by atoms with Crippen molar-refractivity contribution in [3.8, 4) is 0 Å². The van der Waals surface area contributed by atoms with Crippen molar-refractivity contribution < 1.29 is 31.7 Å². The Labute approximate surface area is 177 Å². The van der Waals surface area contributed by atoms with E-state index in [0.717, 1.165) is 6.42 Å². The quantitative estimate of drug-likeness (QED) is 0.170. The molecule has 172 valence electrons. The second kappa shape index (κ2) is 11.3. The van der Waals surface area contributed by atoms with Crippen LogP contribution in [-0.2, 0) is 24.4 Å². The third-order valence-electron chi connectivity index (χ3n) is 5.43. The number of hydrogen-bond acceptors (Lipinski definition) is 6. The van der Waals surface area contributed by atoms with Gasteiger partial charge in [0.2, 0.25) is 0 Å². The molecule has 0 rings (SSSR count). The molecule has 0 spiro atoms. The van der Waals surface area contributed by atoms with Crippen LogP contribution in [0.2, 0.25) is 0 Å². The molecule has 0 radical (unpaired) electrons. The molecule has 8 heteroatoms. The summed E-state index contributed by atoms with van der Waals surface area (Å²) in [6, 6.07) is 0. The van der Waals surface area contributed by atoms with E-state index in [0.29, 0.717) is 55.8 Å². The number of quaternary nitrogens is 1. The van der Waals surface area contributed by atoms with Crippen molar-refractivity contribution in [3.05, 3.63) is 12.3 Å². The lowest BCUT2D eigenvalue weighted by Gasteiger charge is -2.36. The average molecular weight is 436 g/mol. The molecule has 0 N–H and O–H groups in total. The lowest BCUT2D eigenvalue weighted by atomic mass is 9.71. The summed E-state index contributed by atoms with van der Waals surface area (Å²) in [6.45, 7) is 16.0. The fourth-order valence-corrected chi connectivity index (χ4v) is 3.66. The molecule has 0 amide bonds. The van der Waals surface area contributed by atoms with E-state index in [1.807, 2.05) is 48.7 Å². The first-order valence-electron chi connectivity index (χ1n) is 10.3. The average Bonchev–Trinajstić information content (AvgIpc) is 2.57. The molecule has 0 aromatic carbocycles. The van der Waals surface area contributed by atoms with Gasteiger partial charge in [0.15, 0.2) is 0 Å². The summed E-state index contributed by atoms with van der Waals surface area (Å²) in [5, 5.41) is 0. The maximum atomic E-state index is 12.5. The maximum absolute atomic E-state index is 12.5. The van der Waals surface area contributed by atoms with E-state index in [1.54, 1.807) is 0 Å². The van der Waals surface area contributed by atoms with Crippen molar-refractivity contribution in [3.63, 3.8) is 0 Å². The summed E-state index contributed by atoms with van der Waals surface area (Å²) in [6.07, 6.45) is 2.34. The molecule has 1 unspecified atom stereocenters. The van der Waals surface area contributed by atoms with Crippen LogP contribution in [0.4, 0.5) is 0 Å². The van der Waals surface area contributed by atoms with Crippen LogP contribution >= 0.6 is 0 Å². The minimum absolute atomic E-state index is 0.186. The summed E-state index contributed by atoms with van der Waals surface area (Å²) in [7, 11) is -0.246. The van der Waals surface area contributed by atoms with E-state index in [1.165, 1.54) is 0 Å². The smallest absolute Gasteiger partial charge is 0.311 e. The number of rotatable bonds is 15. The molecule has 0 fully saturated rings. The predicted octanol–water partition coefficient (Wildman–Crippen LogP) is 3.31. The van der Waals surface area contributed by atoms with Crippen LogP contribution in [0, 0.1) is 10.8 Å². The number of allylic oxidation sites excluding steroid dienone is 1. The Morgan fingerprint density at radius 2 is 1.66 bits per heavy atom. The zero-order chi connectivity index (χ0) is 22.9. The Balaban J connectivity index is 4.71. The Bertz CT molecular complexity index is 642. The Morgan fingerprint density at radius 1 is 1.07 bits per heavy atom. The molecule has 0 aromatic heterocycles. The van der Waals surface area contributed by atoms with Crippen molar-refractivity contribution >= 4 is 16.1 Å². The van der Waals surface area contributed by atoms with Gasteiger partial charge in [-0.2, -0.15) is 0 Å². The summed E-state index contributed by atoms with van der Waals surface area (Å²) in [4.78, 5) is 12.5. The van der Waals surface area contributed by atoms with E-state index in [2.05, 4.69) is 6.58 Å². The molecule has 0 aliphatic rings. The lowest BCUT2D eigenvalue weighted by molar-refractivity contribution is -0.890. The van der Waals surface area contributed by atoms with Gasteiger partial charge in [-0.05, 0) is 26.2 Å². The zero-order valence-corrected chi connectivity index (χ0v) is 20.2. The van der Waals surface area contributed by atoms with E-state index >= 15 is 0 Å². The number of hydrogen-bond donors (Lipinski definition) is 0. The van der Waals surface area contributed by atoms with Crippen LogP contribution in [0.15, 0.2) is 12.3 Å². The van der Waals surface area contributed by atoms with Crippen LogP contribution in [0.3, 0.4) is 0 Å². The van der Waals surface area contributed by atoms with Crippen molar-refractivity contribution in [1.82, 2.24) is 0 Å². The predicted molar refractivity (Wildman–Crippen MR) is 114 cm³/mol. The van der Waals surface area contributed by atoms with E-state index in [4.69, 9.17) is 9.47 Å². The third-order valence-corrected chi connectivity index (χ3v) is 6.22. The monoisotopic (exact) mass is 435 g/mol. The highest BCUT2D eigenvalue weighted by atomic mass is 32.2. The largest absolute Gasteiger partial charge is 0.748 e. The van der Waals surface area contributed by atoms with Crippen LogP contribution in [0.5, 0.6) is 0 Å². The Kier molecular flexibility index (Phi) is 10.9. The minimum atomic E-state index is -4.18. The van der Waals surface area contributed by atoms with E-state index < -0.39 is 20.9 Å². The van der Waals surface area contributed by atoms with Crippen LogP contribution < -0.4 is 0 Å². The van der Waals surface area contributed by atoms with Crippen LogP contribution in [0.25, 0.3) is 0 Å². The topological polar surface area (TPSA) is 92.7 Å². The normalized spacial score (nSPS) is 14.9. The number of carbonyl (C=O) groups excluding carboxylic acids is 1. The van der Waals surface area contributed by atoms with Gasteiger partial charge in [-0.1, -0.05) is 34.3 Å². The van der Waals surface area contributed by atoms with Crippen molar-refractivity contribution in [2.45, 2.75) is 60.3 Å².